The number of anilines is 2. The number of nitrogens with one attached hydrogen (secondary N) is 1. The Bertz CT molecular complexity index is 453. The standard InChI is InChI=1S/C12H17ClN4O2/c13-11-10(14)12(16-6-15-11)17-7-5-8(7)19-9-3-1-2-4-18-9/h6-9H,1-5,14H2,(H,15,16,17)/t7-,8-,9?/m0/s1. The van der Waals surface area contributed by atoms with Crippen molar-refractivity contribution in [2.45, 2.75) is 44.1 Å². The molecular weight excluding hydrogens is 268 g/mol. The minimum atomic E-state index is -0.0584. The van der Waals surface area contributed by atoms with E-state index in [0.717, 1.165) is 25.9 Å². The normalized spacial score (nSPS) is 30.1. The molecule has 2 aliphatic rings. The number of nitrogens with two attached hydrogens (primary N) is 1. The largest absolute Gasteiger partial charge is 0.393 e. The van der Waals surface area contributed by atoms with Crippen molar-refractivity contribution in [3.8, 4) is 0 Å². The fourth-order valence-corrected chi connectivity index (χ4v) is 2.29. The SMILES string of the molecule is Nc1c(Cl)ncnc1N[C@H]1C[C@@H]1OC1CCCCO1. The summed E-state index contributed by atoms with van der Waals surface area (Å²) in [5, 5.41) is 3.49. The van der Waals surface area contributed by atoms with Gasteiger partial charge in [-0.25, -0.2) is 9.97 Å². The molecule has 1 saturated carbocycles. The second-order valence-corrected chi connectivity index (χ2v) is 5.24. The van der Waals surface area contributed by atoms with E-state index in [2.05, 4.69) is 15.3 Å². The maximum Gasteiger partial charge on any atom is 0.158 e. The monoisotopic (exact) mass is 284 g/mol. The Morgan fingerprint density at radius 1 is 1.42 bits per heavy atom. The topological polar surface area (TPSA) is 82.3 Å². The van der Waals surface area contributed by atoms with E-state index in [1.165, 1.54) is 12.7 Å². The van der Waals surface area contributed by atoms with Gasteiger partial charge in [0.05, 0.1) is 12.1 Å². The molecule has 2 heterocycles. The quantitative estimate of drug-likeness (QED) is 0.821. The third-order valence-electron chi connectivity index (χ3n) is 3.35. The highest BCUT2D eigenvalue weighted by Crippen LogP contribution is 2.33. The van der Waals surface area contributed by atoms with Crippen molar-refractivity contribution >= 4 is 23.1 Å². The van der Waals surface area contributed by atoms with E-state index in [1.54, 1.807) is 0 Å². The van der Waals surface area contributed by atoms with E-state index >= 15 is 0 Å². The number of nitrogens with zero attached hydrogens (tertiary/aromatic N) is 2. The molecular formula is C12H17ClN4O2. The molecule has 104 valence electrons. The van der Waals surface area contributed by atoms with Gasteiger partial charge in [0.25, 0.3) is 0 Å². The predicted octanol–water partition coefficient (Wildman–Crippen LogP) is 1.81. The van der Waals surface area contributed by atoms with Crippen LogP contribution in [0, 0.1) is 0 Å². The van der Waals surface area contributed by atoms with Crippen molar-refractivity contribution in [1.29, 1.82) is 0 Å². The Hall–Kier alpha value is -1.11. The Labute approximate surface area is 116 Å². The highest BCUT2D eigenvalue weighted by molar-refractivity contribution is 6.32. The van der Waals surface area contributed by atoms with Crippen LogP contribution in [0.4, 0.5) is 11.5 Å². The zero-order valence-electron chi connectivity index (χ0n) is 10.5. The van der Waals surface area contributed by atoms with Gasteiger partial charge in [0.2, 0.25) is 0 Å². The third-order valence-corrected chi connectivity index (χ3v) is 3.65. The van der Waals surface area contributed by atoms with Crippen molar-refractivity contribution in [2.75, 3.05) is 17.7 Å². The predicted molar refractivity (Wildman–Crippen MR) is 71.9 cm³/mol. The van der Waals surface area contributed by atoms with Gasteiger partial charge in [-0.3, -0.25) is 0 Å². The molecule has 7 heteroatoms. The molecule has 1 aromatic rings. The maximum atomic E-state index is 5.86. The summed E-state index contributed by atoms with van der Waals surface area (Å²) in [4.78, 5) is 7.90. The first kappa shape index (κ1) is 12.9. The molecule has 0 amide bonds. The summed E-state index contributed by atoms with van der Waals surface area (Å²) in [5.41, 5.74) is 6.18. The van der Waals surface area contributed by atoms with Crippen molar-refractivity contribution in [3.05, 3.63) is 11.5 Å². The van der Waals surface area contributed by atoms with Gasteiger partial charge in [-0.15, -0.1) is 0 Å². The Morgan fingerprint density at radius 2 is 2.32 bits per heavy atom. The molecule has 6 nitrogen and oxygen atoms in total. The molecule has 19 heavy (non-hydrogen) atoms. The van der Waals surface area contributed by atoms with Crippen LogP contribution >= 0.6 is 11.6 Å². The van der Waals surface area contributed by atoms with Gasteiger partial charge in [-0.05, 0) is 25.7 Å². The van der Waals surface area contributed by atoms with Crippen LogP contribution in [0.2, 0.25) is 5.15 Å². The van der Waals surface area contributed by atoms with Gasteiger partial charge in [-0.1, -0.05) is 11.6 Å². The summed E-state index contributed by atoms with van der Waals surface area (Å²) in [6.07, 6.45) is 5.70. The van der Waals surface area contributed by atoms with E-state index in [1.807, 2.05) is 0 Å². The van der Waals surface area contributed by atoms with Crippen LogP contribution in [0.5, 0.6) is 0 Å². The second-order valence-electron chi connectivity index (χ2n) is 4.88. The number of hydrogen-bond donors (Lipinski definition) is 2. The van der Waals surface area contributed by atoms with Gasteiger partial charge in [-0.2, -0.15) is 0 Å². The molecule has 3 atom stereocenters. The zero-order chi connectivity index (χ0) is 13.2. The molecule has 1 aliphatic heterocycles. The van der Waals surface area contributed by atoms with Gasteiger partial charge in [0, 0.05) is 6.61 Å². The zero-order valence-corrected chi connectivity index (χ0v) is 11.3. The Kier molecular flexibility index (Phi) is 3.72. The molecule has 0 aromatic carbocycles. The molecule has 0 spiro atoms. The summed E-state index contributed by atoms with van der Waals surface area (Å²) in [7, 11) is 0. The summed E-state index contributed by atoms with van der Waals surface area (Å²) >= 11 is 5.84. The molecule has 0 bridgehead atoms. The Morgan fingerprint density at radius 3 is 3.11 bits per heavy atom. The van der Waals surface area contributed by atoms with Crippen LogP contribution in [0.3, 0.4) is 0 Å². The number of aromatic nitrogens is 2. The van der Waals surface area contributed by atoms with Crippen LogP contribution in [0.15, 0.2) is 6.33 Å². The number of hydrogen-bond acceptors (Lipinski definition) is 6. The lowest BCUT2D eigenvalue weighted by Gasteiger charge is -2.22. The average molecular weight is 285 g/mol. The number of nitrogen functional groups attached to an aromatic ring is 1. The van der Waals surface area contributed by atoms with E-state index in [0.29, 0.717) is 11.5 Å². The van der Waals surface area contributed by atoms with Gasteiger partial charge in [0.15, 0.2) is 17.3 Å². The summed E-state index contributed by atoms with van der Waals surface area (Å²) in [6.45, 7) is 0.796. The van der Waals surface area contributed by atoms with Crippen LogP contribution < -0.4 is 11.1 Å². The number of ether oxygens (including phenoxy) is 2. The highest BCUT2D eigenvalue weighted by atomic mass is 35.5. The second kappa shape index (κ2) is 5.48. The van der Waals surface area contributed by atoms with E-state index in [-0.39, 0.29) is 23.6 Å². The summed E-state index contributed by atoms with van der Waals surface area (Å²) in [5.74, 6) is 0.570. The lowest BCUT2D eigenvalue weighted by Crippen LogP contribution is -2.25. The first-order valence-electron chi connectivity index (χ1n) is 6.53. The fourth-order valence-electron chi connectivity index (χ4n) is 2.15. The van der Waals surface area contributed by atoms with Gasteiger partial charge < -0.3 is 20.5 Å². The lowest BCUT2D eigenvalue weighted by molar-refractivity contribution is -0.169. The van der Waals surface area contributed by atoms with Crippen molar-refractivity contribution in [3.63, 3.8) is 0 Å². The van der Waals surface area contributed by atoms with Crippen LogP contribution in [0.25, 0.3) is 0 Å². The molecule has 1 aromatic heterocycles. The van der Waals surface area contributed by atoms with Crippen LogP contribution in [0.1, 0.15) is 25.7 Å². The van der Waals surface area contributed by atoms with E-state index in [9.17, 15) is 0 Å². The molecule has 3 N–H and O–H groups in total. The fraction of sp³-hybridized carbons (Fsp3) is 0.667. The third kappa shape index (κ3) is 3.08. The van der Waals surface area contributed by atoms with Crippen molar-refractivity contribution < 1.29 is 9.47 Å². The maximum absolute atomic E-state index is 5.86. The number of rotatable bonds is 4. The van der Waals surface area contributed by atoms with Crippen molar-refractivity contribution in [1.82, 2.24) is 9.97 Å². The number of halogens is 1. The van der Waals surface area contributed by atoms with Gasteiger partial charge >= 0.3 is 0 Å². The van der Waals surface area contributed by atoms with Gasteiger partial charge in [0.1, 0.15) is 12.0 Å². The smallest absolute Gasteiger partial charge is 0.158 e. The molecule has 3 rings (SSSR count). The average Bonchev–Trinajstić information content (AvgIpc) is 3.14. The first-order valence-corrected chi connectivity index (χ1v) is 6.91. The first-order chi connectivity index (χ1) is 9.24. The summed E-state index contributed by atoms with van der Waals surface area (Å²) < 4.78 is 11.4. The Balaban J connectivity index is 1.51. The molecule has 1 unspecified atom stereocenters. The minimum absolute atomic E-state index is 0.0584. The van der Waals surface area contributed by atoms with Crippen LogP contribution in [-0.4, -0.2) is 35.0 Å². The van der Waals surface area contributed by atoms with Crippen molar-refractivity contribution in [2.24, 2.45) is 0 Å². The van der Waals surface area contributed by atoms with E-state index < -0.39 is 0 Å². The molecule has 1 aliphatic carbocycles. The molecule has 2 fully saturated rings. The lowest BCUT2D eigenvalue weighted by atomic mass is 10.2. The van der Waals surface area contributed by atoms with Crippen LogP contribution in [-0.2, 0) is 9.47 Å². The minimum Gasteiger partial charge on any atom is -0.393 e. The molecule has 1 saturated heterocycles. The highest BCUT2D eigenvalue weighted by Gasteiger charge is 2.41. The van der Waals surface area contributed by atoms with E-state index in [4.69, 9.17) is 26.8 Å². The molecule has 0 radical (unpaired) electrons. The summed E-state index contributed by atoms with van der Waals surface area (Å²) in [6, 6.07) is 0.221.